The zero-order valence-corrected chi connectivity index (χ0v) is 10.3. The van der Waals surface area contributed by atoms with Gasteiger partial charge in [-0.3, -0.25) is 0 Å². The second kappa shape index (κ2) is 5.97. The predicted molar refractivity (Wildman–Crippen MR) is 66.4 cm³/mol. The van der Waals surface area contributed by atoms with Gasteiger partial charge in [0.25, 0.3) is 0 Å². The van der Waals surface area contributed by atoms with E-state index >= 15 is 0 Å². The number of rotatable bonds is 5. The van der Waals surface area contributed by atoms with Crippen LogP contribution < -0.4 is 15.2 Å². The number of hydrogen-bond donors (Lipinski definition) is 1. The molecule has 0 saturated heterocycles. The molecule has 0 spiro atoms. The summed E-state index contributed by atoms with van der Waals surface area (Å²) in [5, 5.41) is 0. The van der Waals surface area contributed by atoms with E-state index in [0.29, 0.717) is 6.54 Å². The quantitative estimate of drug-likeness (QED) is 0.864. The van der Waals surface area contributed by atoms with Gasteiger partial charge >= 0.3 is 0 Å². The smallest absolute Gasteiger partial charge is 0.127 e. The van der Waals surface area contributed by atoms with E-state index in [4.69, 9.17) is 15.2 Å². The zero-order valence-electron chi connectivity index (χ0n) is 9.44. The van der Waals surface area contributed by atoms with E-state index in [0.717, 1.165) is 29.6 Å². The van der Waals surface area contributed by atoms with Crippen molar-refractivity contribution in [2.45, 2.75) is 19.4 Å². The highest BCUT2D eigenvalue weighted by Gasteiger charge is 2.21. The minimum absolute atomic E-state index is 0. The van der Waals surface area contributed by atoms with Crippen molar-refractivity contribution in [1.82, 2.24) is 0 Å². The number of nitrogens with two attached hydrogens (primary N) is 1. The Labute approximate surface area is 102 Å². The molecule has 90 valence electrons. The maximum absolute atomic E-state index is 5.65. The maximum Gasteiger partial charge on any atom is 0.127 e. The minimum atomic E-state index is 0. The van der Waals surface area contributed by atoms with Gasteiger partial charge in [0.1, 0.15) is 11.5 Å². The molecule has 1 saturated carbocycles. The Hall–Kier alpha value is -0.930. The van der Waals surface area contributed by atoms with Crippen LogP contribution in [0.1, 0.15) is 18.4 Å². The van der Waals surface area contributed by atoms with E-state index in [1.54, 1.807) is 7.11 Å². The summed E-state index contributed by atoms with van der Waals surface area (Å²) in [6.07, 6.45) is 2.61. The first-order valence-corrected chi connectivity index (χ1v) is 5.33. The normalized spacial score (nSPS) is 14.1. The van der Waals surface area contributed by atoms with Crippen LogP contribution in [0.25, 0.3) is 0 Å². The third kappa shape index (κ3) is 3.29. The highest BCUT2D eigenvalue weighted by molar-refractivity contribution is 5.85. The maximum atomic E-state index is 5.65. The lowest BCUT2D eigenvalue weighted by atomic mass is 10.2. The van der Waals surface area contributed by atoms with Gasteiger partial charge in [0.15, 0.2) is 0 Å². The Morgan fingerprint density at radius 2 is 2.12 bits per heavy atom. The molecular formula is C12H18ClNO2. The fourth-order valence-corrected chi connectivity index (χ4v) is 1.48. The first-order valence-electron chi connectivity index (χ1n) is 5.33. The summed E-state index contributed by atoms with van der Waals surface area (Å²) in [6.45, 7) is 1.32. The Morgan fingerprint density at radius 1 is 1.38 bits per heavy atom. The fourth-order valence-electron chi connectivity index (χ4n) is 1.48. The van der Waals surface area contributed by atoms with Crippen molar-refractivity contribution in [1.29, 1.82) is 0 Å². The van der Waals surface area contributed by atoms with Crippen molar-refractivity contribution < 1.29 is 9.47 Å². The zero-order chi connectivity index (χ0) is 10.7. The summed E-state index contributed by atoms with van der Waals surface area (Å²) in [5.41, 5.74) is 6.60. The van der Waals surface area contributed by atoms with Crippen molar-refractivity contribution in [3.8, 4) is 11.5 Å². The van der Waals surface area contributed by atoms with Crippen LogP contribution >= 0.6 is 12.4 Å². The number of hydrogen-bond acceptors (Lipinski definition) is 3. The van der Waals surface area contributed by atoms with Crippen LogP contribution in [0, 0.1) is 5.92 Å². The van der Waals surface area contributed by atoms with Gasteiger partial charge in [-0.05, 0) is 24.8 Å². The molecule has 0 radical (unpaired) electrons. The highest BCUT2D eigenvalue weighted by atomic mass is 35.5. The van der Waals surface area contributed by atoms with Gasteiger partial charge in [0, 0.05) is 18.2 Å². The lowest BCUT2D eigenvalue weighted by Gasteiger charge is -2.10. The largest absolute Gasteiger partial charge is 0.496 e. The van der Waals surface area contributed by atoms with E-state index in [1.807, 2.05) is 18.2 Å². The van der Waals surface area contributed by atoms with E-state index < -0.39 is 0 Å². The topological polar surface area (TPSA) is 44.5 Å². The molecule has 0 aliphatic heterocycles. The molecule has 0 heterocycles. The molecule has 0 unspecified atom stereocenters. The minimum Gasteiger partial charge on any atom is -0.496 e. The van der Waals surface area contributed by atoms with Gasteiger partial charge in [-0.25, -0.2) is 0 Å². The molecule has 0 aromatic heterocycles. The molecule has 1 aliphatic rings. The monoisotopic (exact) mass is 243 g/mol. The van der Waals surface area contributed by atoms with Crippen molar-refractivity contribution in [3.05, 3.63) is 23.8 Å². The molecule has 0 amide bonds. The van der Waals surface area contributed by atoms with Crippen molar-refractivity contribution >= 4 is 12.4 Å². The van der Waals surface area contributed by atoms with Gasteiger partial charge in [0.2, 0.25) is 0 Å². The SMILES string of the molecule is COc1cc(OCC2CC2)ccc1CN.Cl. The van der Waals surface area contributed by atoms with Crippen LogP contribution in [0.2, 0.25) is 0 Å². The summed E-state index contributed by atoms with van der Waals surface area (Å²) in [6, 6.07) is 5.82. The highest BCUT2D eigenvalue weighted by Crippen LogP contribution is 2.30. The van der Waals surface area contributed by atoms with Gasteiger partial charge in [-0.15, -0.1) is 12.4 Å². The Balaban J connectivity index is 0.00000128. The molecule has 16 heavy (non-hydrogen) atoms. The summed E-state index contributed by atoms with van der Waals surface area (Å²) >= 11 is 0. The number of methoxy groups -OCH3 is 1. The predicted octanol–water partition coefficient (Wildman–Crippen LogP) is 2.36. The molecule has 1 aromatic carbocycles. The second-order valence-corrected chi connectivity index (χ2v) is 3.93. The molecule has 4 heteroatoms. The van der Waals surface area contributed by atoms with Crippen LogP contribution in [0.3, 0.4) is 0 Å². The van der Waals surface area contributed by atoms with Crippen LogP contribution in [0.5, 0.6) is 11.5 Å². The molecule has 2 rings (SSSR count). The van der Waals surface area contributed by atoms with E-state index in [9.17, 15) is 0 Å². The lowest BCUT2D eigenvalue weighted by Crippen LogP contribution is -2.02. The Kier molecular flexibility index (Phi) is 4.90. The molecule has 1 aromatic rings. The summed E-state index contributed by atoms with van der Waals surface area (Å²) in [5.74, 6) is 2.45. The average Bonchev–Trinajstić information content (AvgIpc) is 3.09. The number of ether oxygens (including phenoxy) is 2. The molecule has 2 N–H and O–H groups in total. The first-order chi connectivity index (χ1) is 7.33. The molecule has 3 nitrogen and oxygen atoms in total. The summed E-state index contributed by atoms with van der Waals surface area (Å²) < 4.78 is 10.9. The number of benzene rings is 1. The van der Waals surface area contributed by atoms with Crippen LogP contribution in [-0.4, -0.2) is 13.7 Å². The molecular weight excluding hydrogens is 226 g/mol. The van der Waals surface area contributed by atoms with Gasteiger partial charge in [0.05, 0.1) is 13.7 Å². The van der Waals surface area contributed by atoms with Crippen molar-refractivity contribution in [2.24, 2.45) is 11.7 Å². The number of halogens is 1. The van der Waals surface area contributed by atoms with E-state index in [2.05, 4.69) is 0 Å². The van der Waals surface area contributed by atoms with Crippen LogP contribution in [0.4, 0.5) is 0 Å². The Morgan fingerprint density at radius 3 is 2.69 bits per heavy atom. The average molecular weight is 244 g/mol. The third-order valence-electron chi connectivity index (χ3n) is 2.66. The van der Waals surface area contributed by atoms with E-state index in [1.165, 1.54) is 12.8 Å². The van der Waals surface area contributed by atoms with Crippen molar-refractivity contribution in [2.75, 3.05) is 13.7 Å². The first kappa shape index (κ1) is 13.1. The molecule has 0 atom stereocenters. The van der Waals surface area contributed by atoms with Crippen molar-refractivity contribution in [3.63, 3.8) is 0 Å². The van der Waals surface area contributed by atoms with E-state index in [-0.39, 0.29) is 12.4 Å². The van der Waals surface area contributed by atoms with Gasteiger partial charge in [-0.2, -0.15) is 0 Å². The van der Waals surface area contributed by atoms with Crippen LogP contribution in [-0.2, 0) is 6.54 Å². The van der Waals surface area contributed by atoms with Gasteiger partial charge < -0.3 is 15.2 Å². The summed E-state index contributed by atoms with van der Waals surface area (Å²) in [7, 11) is 1.65. The standard InChI is InChI=1S/C12H17NO2.ClH/c1-14-12-6-11(5-4-10(12)7-13)15-8-9-2-3-9;/h4-6,9H,2-3,7-8,13H2,1H3;1H. The Bertz CT molecular complexity index is 340. The molecule has 1 fully saturated rings. The fraction of sp³-hybridized carbons (Fsp3) is 0.500. The molecule has 0 bridgehead atoms. The van der Waals surface area contributed by atoms with Crippen LogP contribution in [0.15, 0.2) is 18.2 Å². The third-order valence-corrected chi connectivity index (χ3v) is 2.66. The second-order valence-electron chi connectivity index (χ2n) is 3.93. The van der Waals surface area contributed by atoms with Gasteiger partial charge in [-0.1, -0.05) is 6.07 Å². The molecule has 1 aliphatic carbocycles. The summed E-state index contributed by atoms with van der Waals surface area (Å²) in [4.78, 5) is 0. The lowest BCUT2D eigenvalue weighted by molar-refractivity contribution is 0.297.